The average molecular weight is 513 g/mol. The maximum atomic E-state index is 12.7. The Morgan fingerprint density at radius 3 is 1.82 bits per heavy atom. The second-order valence-electron chi connectivity index (χ2n) is 6.87. The summed E-state index contributed by atoms with van der Waals surface area (Å²) in [5.41, 5.74) is 0.758. The smallest absolute Gasteiger partial charge is 0.206 e. The standard InChI is InChI=1S/C25H16Cl2O4S.C2H6/c26-18-8-15-24(27)23(16-18)25(28)17-6-9-19(10-7-17)31-20-11-13-22(14-12-20)32(29,30)21-4-2-1-3-5-21;1-2/h1-16H;1-2H3. The predicted octanol–water partition coefficient (Wildman–Crippen LogP) is 7.88. The third-order valence-corrected chi connectivity index (χ3v) is 7.06. The first-order chi connectivity index (χ1) is 16.3. The first-order valence-electron chi connectivity index (χ1n) is 10.5. The zero-order valence-corrected chi connectivity index (χ0v) is 20.9. The van der Waals surface area contributed by atoms with E-state index in [1.54, 1.807) is 78.9 Å². The zero-order chi connectivity index (χ0) is 24.7. The Morgan fingerprint density at radius 1 is 0.706 bits per heavy atom. The molecule has 0 aliphatic rings. The summed E-state index contributed by atoms with van der Waals surface area (Å²) in [4.78, 5) is 13.1. The van der Waals surface area contributed by atoms with Crippen molar-refractivity contribution in [1.82, 2.24) is 0 Å². The number of sulfone groups is 1. The Bertz CT molecular complexity index is 1370. The second-order valence-corrected chi connectivity index (χ2v) is 9.66. The fraction of sp³-hybridized carbons (Fsp3) is 0.0741. The first-order valence-corrected chi connectivity index (χ1v) is 12.8. The summed E-state index contributed by atoms with van der Waals surface area (Å²) in [6, 6.07) is 25.7. The van der Waals surface area contributed by atoms with Gasteiger partial charge < -0.3 is 4.74 Å². The molecule has 0 bridgehead atoms. The molecule has 0 atom stereocenters. The molecule has 0 aromatic heterocycles. The quantitative estimate of drug-likeness (QED) is 0.246. The molecule has 174 valence electrons. The van der Waals surface area contributed by atoms with E-state index in [0.717, 1.165) is 0 Å². The van der Waals surface area contributed by atoms with E-state index in [-0.39, 0.29) is 15.6 Å². The van der Waals surface area contributed by atoms with Gasteiger partial charge in [-0.3, -0.25) is 4.79 Å². The zero-order valence-electron chi connectivity index (χ0n) is 18.5. The van der Waals surface area contributed by atoms with Crippen LogP contribution in [0.25, 0.3) is 0 Å². The fourth-order valence-corrected chi connectivity index (χ4v) is 4.72. The van der Waals surface area contributed by atoms with Gasteiger partial charge in [0.1, 0.15) is 11.5 Å². The summed E-state index contributed by atoms with van der Waals surface area (Å²) in [6.07, 6.45) is 0. The Hall–Kier alpha value is -3.12. The molecule has 0 aliphatic carbocycles. The highest BCUT2D eigenvalue weighted by Crippen LogP contribution is 2.28. The molecule has 34 heavy (non-hydrogen) atoms. The highest BCUT2D eigenvalue weighted by Gasteiger charge is 2.17. The molecule has 0 fully saturated rings. The lowest BCUT2D eigenvalue weighted by Gasteiger charge is -2.09. The lowest BCUT2D eigenvalue weighted by molar-refractivity contribution is 0.103. The van der Waals surface area contributed by atoms with Crippen LogP contribution in [0.1, 0.15) is 29.8 Å². The topological polar surface area (TPSA) is 60.4 Å². The van der Waals surface area contributed by atoms with Gasteiger partial charge in [0, 0.05) is 16.1 Å². The molecule has 0 N–H and O–H groups in total. The predicted molar refractivity (Wildman–Crippen MR) is 136 cm³/mol. The summed E-state index contributed by atoms with van der Waals surface area (Å²) in [7, 11) is -3.59. The van der Waals surface area contributed by atoms with E-state index in [0.29, 0.717) is 32.7 Å². The highest BCUT2D eigenvalue weighted by atomic mass is 35.5. The van der Waals surface area contributed by atoms with Gasteiger partial charge in [0.25, 0.3) is 0 Å². The van der Waals surface area contributed by atoms with Crippen molar-refractivity contribution in [3.8, 4) is 11.5 Å². The van der Waals surface area contributed by atoms with Gasteiger partial charge in [0.15, 0.2) is 5.78 Å². The average Bonchev–Trinajstić information content (AvgIpc) is 2.87. The molecule has 0 aliphatic heterocycles. The van der Waals surface area contributed by atoms with Crippen molar-refractivity contribution in [2.45, 2.75) is 23.6 Å². The Kier molecular flexibility index (Phi) is 8.51. The van der Waals surface area contributed by atoms with Crippen molar-refractivity contribution < 1.29 is 17.9 Å². The van der Waals surface area contributed by atoms with E-state index in [1.165, 1.54) is 18.2 Å². The van der Waals surface area contributed by atoms with E-state index < -0.39 is 9.84 Å². The molecule has 4 aromatic rings. The van der Waals surface area contributed by atoms with E-state index in [9.17, 15) is 13.2 Å². The fourth-order valence-electron chi connectivity index (χ4n) is 3.06. The molecule has 0 saturated heterocycles. The number of ether oxygens (including phenoxy) is 1. The minimum atomic E-state index is -3.59. The molecule has 0 radical (unpaired) electrons. The third-order valence-electron chi connectivity index (χ3n) is 4.71. The van der Waals surface area contributed by atoms with Crippen LogP contribution in [0.3, 0.4) is 0 Å². The molecule has 4 rings (SSSR count). The van der Waals surface area contributed by atoms with Crippen LogP contribution in [0.4, 0.5) is 0 Å². The minimum absolute atomic E-state index is 0.176. The van der Waals surface area contributed by atoms with Gasteiger partial charge in [0.2, 0.25) is 9.84 Å². The van der Waals surface area contributed by atoms with Gasteiger partial charge in [-0.15, -0.1) is 0 Å². The van der Waals surface area contributed by atoms with Crippen LogP contribution in [-0.4, -0.2) is 14.2 Å². The normalized spacial score (nSPS) is 10.7. The molecule has 4 aromatic carbocycles. The second kappa shape index (κ2) is 11.3. The summed E-state index contributed by atoms with van der Waals surface area (Å²) >= 11 is 12.1. The molecule has 0 amide bonds. The van der Waals surface area contributed by atoms with Crippen molar-refractivity contribution in [3.63, 3.8) is 0 Å². The molecular formula is C27H22Cl2O4S. The van der Waals surface area contributed by atoms with Crippen LogP contribution >= 0.6 is 23.2 Å². The number of carbonyl (C=O) groups excluding carboxylic acids is 1. The van der Waals surface area contributed by atoms with Crippen LogP contribution in [-0.2, 0) is 9.84 Å². The van der Waals surface area contributed by atoms with Gasteiger partial charge in [-0.05, 0) is 78.9 Å². The molecule has 0 spiro atoms. The molecule has 4 nitrogen and oxygen atoms in total. The van der Waals surface area contributed by atoms with Gasteiger partial charge in [-0.25, -0.2) is 8.42 Å². The lowest BCUT2D eigenvalue weighted by Crippen LogP contribution is -2.02. The Balaban J connectivity index is 0.00000158. The van der Waals surface area contributed by atoms with Crippen LogP contribution < -0.4 is 4.74 Å². The summed E-state index contributed by atoms with van der Waals surface area (Å²) < 4.78 is 31.1. The number of ketones is 1. The van der Waals surface area contributed by atoms with Gasteiger partial charge in [-0.2, -0.15) is 0 Å². The number of halogens is 2. The maximum absolute atomic E-state index is 12.7. The lowest BCUT2D eigenvalue weighted by atomic mass is 10.0. The minimum Gasteiger partial charge on any atom is -0.457 e. The van der Waals surface area contributed by atoms with Gasteiger partial charge >= 0.3 is 0 Å². The summed E-state index contributed by atoms with van der Waals surface area (Å²) in [5, 5.41) is 0.751. The Morgan fingerprint density at radius 2 is 1.24 bits per heavy atom. The van der Waals surface area contributed by atoms with E-state index >= 15 is 0 Å². The molecule has 0 saturated carbocycles. The van der Waals surface area contributed by atoms with Crippen molar-refractivity contribution in [3.05, 3.63) is 118 Å². The van der Waals surface area contributed by atoms with Crippen molar-refractivity contribution in [2.24, 2.45) is 0 Å². The van der Waals surface area contributed by atoms with Crippen LogP contribution in [0, 0.1) is 0 Å². The monoisotopic (exact) mass is 512 g/mol. The first kappa shape index (κ1) is 25.5. The van der Waals surface area contributed by atoms with Crippen molar-refractivity contribution >= 4 is 38.8 Å². The number of benzene rings is 4. The number of rotatable bonds is 6. The maximum Gasteiger partial charge on any atom is 0.206 e. The number of hydrogen-bond donors (Lipinski definition) is 0. The molecule has 0 heterocycles. The largest absolute Gasteiger partial charge is 0.457 e. The van der Waals surface area contributed by atoms with E-state index in [4.69, 9.17) is 27.9 Å². The van der Waals surface area contributed by atoms with Crippen LogP contribution in [0.5, 0.6) is 11.5 Å². The number of carbonyl (C=O) groups is 1. The third kappa shape index (κ3) is 5.86. The van der Waals surface area contributed by atoms with Gasteiger partial charge in [-0.1, -0.05) is 55.2 Å². The number of hydrogen-bond acceptors (Lipinski definition) is 4. The molecular weight excluding hydrogens is 491 g/mol. The molecule has 0 unspecified atom stereocenters. The highest BCUT2D eigenvalue weighted by molar-refractivity contribution is 7.91. The van der Waals surface area contributed by atoms with Gasteiger partial charge in [0.05, 0.1) is 14.8 Å². The molecule has 7 heteroatoms. The SMILES string of the molecule is CC.O=C(c1ccc(Oc2ccc(S(=O)(=O)c3ccccc3)cc2)cc1)c1cc(Cl)ccc1Cl. The van der Waals surface area contributed by atoms with Crippen LogP contribution in [0.15, 0.2) is 107 Å². The van der Waals surface area contributed by atoms with E-state index in [1.807, 2.05) is 13.8 Å². The van der Waals surface area contributed by atoms with Crippen molar-refractivity contribution in [2.75, 3.05) is 0 Å². The van der Waals surface area contributed by atoms with E-state index in [2.05, 4.69) is 0 Å². The summed E-state index contributed by atoms with van der Waals surface area (Å²) in [6.45, 7) is 4.00. The Labute approximate surface area is 209 Å². The summed E-state index contributed by atoms with van der Waals surface area (Å²) in [5.74, 6) is 0.714. The van der Waals surface area contributed by atoms with Crippen molar-refractivity contribution in [1.29, 1.82) is 0 Å². The van der Waals surface area contributed by atoms with Crippen LogP contribution in [0.2, 0.25) is 10.0 Å².